The Kier molecular flexibility index (Phi) is 4.28. The molecule has 0 heterocycles. The van der Waals surface area contributed by atoms with Gasteiger partial charge >= 0.3 is 0 Å². The van der Waals surface area contributed by atoms with Gasteiger partial charge in [-0.05, 0) is 11.8 Å². The molecule has 2 nitrogen and oxygen atoms in total. The lowest BCUT2D eigenvalue weighted by molar-refractivity contribution is -0.110. The highest BCUT2D eigenvalue weighted by atomic mass is 16.3. The van der Waals surface area contributed by atoms with Crippen LogP contribution in [0.4, 0.5) is 0 Å². The standard InChI is InChI=1S/C8H16O2/c1-3-4-8(2,7-10)5-6-9/h6,10H,3-5,7H2,1-2H3. The van der Waals surface area contributed by atoms with Gasteiger partial charge in [0.05, 0.1) is 0 Å². The number of carbonyl (C=O) groups is 1. The van der Waals surface area contributed by atoms with Crippen LogP contribution in [-0.4, -0.2) is 18.0 Å². The van der Waals surface area contributed by atoms with Crippen LogP contribution in [-0.2, 0) is 4.79 Å². The molecule has 10 heavy (non-hydrogen) atoms. The van der Waals surface area contributed by atoms with E-state index in [0.717, 1.165) is 19.1 Å². The minimum Gasteiger partial charge on any atom is -0.396 e. The molecule has 0 radical (unpaired) electrons. The maximum Gasteiger partial charge on any atom is 0.120 e. The predicted molar refractivity (Wildman–Crippen MR) is 40.8 cm³/mol. The Hall–Kier alpha value is -0.370. The predicted octanol–water partition coefficient (Wildman–Crippen LogP) is 1.37. The molecule has 0 fully saturated rings. The zero-order valence-corrected chi connectivity index (χ0v) is 6.76. The number of hydrogen-bond donors (Lipinski definition) is 1. The fourth-order valence-corrected chi connectivity index (χ4v) is 1.05. The van der Waals surface area contributed by atoms with E-state index < -0.39 is 0 Å². The van der Waals surface area contributed by atoms with E-state index >= 15 is 0 Å². The molecule has 0 saturated heterocycles. The first kappa shape index (κ1) is 9.63. The lowest BCUT2D eigenvalue weighted by atomic mass is 9.84. The van der Waals surface area contributed by atoms with Crippen LogP contribution in [0.2, 0.25) is 0 Å². The van der Waals surface area contributed by atoms with Crippen molar-refractivity contribution in [3.05, 3.63) is 0 Å². The van der Waals surface area contributed by atoms with Gasteiger partial charge in [0, 0.05) is 13.0 Å². The number of carbonyl (C=O) groups excluding carboxylic acids is 1. The zero-order chi connectivity index (χ0) is 8.04. The lowest BCUT2D eigenvalue weighted by Gasteiger charge is -2.23. The summed E-state index contributed by atoms with van der Waals surface area (Å²) < 4.78 is 0. The van der Waals surface area contributed by atoms with Crippen molar-refractivity contribution >= 4 is 6.29 Å². The van der Waals surface area contributed by atoms with E-state index in [2.05, 4.69) is 6.92 Å². The molecule has 0 aromatic heterocycles. The Bertz CT molecular complexity index is 101. The van der Waals surface area contributed by atoms with Gasteiger partial charge in [-0.1, -0.05) is 20.3 Å². The fraction of sp³-hybridized carbons (Fsp3) is 0.875. The van der Waals surface area contributed by atoms with Gasteiger partial charge in [0.2, 0.25) is 0 Å². The van der Waals surface area contributed by atoms with Crippen molar-refractivity contribution in [2.24, 2.45) is 5.41 Å². The van der Waals surface area contributed by atoms with Gasteiger partial charge in [-0.15, -0.1) is 0 Å². The van der Waals surface area contributed by atoms with E-state index in [1.165, 1.54) is 0 Å². The van der Waals surface area contributed by atoms with Crippen molar-refractivity contribution in [2.45, 2.75) is 33.1 Å². The SMILES string of the molecule is CCCC(C)(CO)CC=O. The summed E-state index contributed by atoms with van der Waals surface area (Å²) >= 11 is 0. The number of aliphatic hydroxyl groups excluding tert-OH is 1. The molecular formula is C8H16O2. The van der Waals surface area contributed by atoms with E-state index in [0.29, 0.717) is 6.42 Å². The summed E-state index contributed by atoms with van der Waals surface area (Å²) in [5.41, 5.74) is -0.170. The first-order chi connectivity index (χ1) is 4.68. The molecule has 1 unspecified atom stereocenters. The Balaban J connectivity index is 3.80. The molecule has 2 heteroatoms. The van der Waals surface area contributed by atoms with Gasteiger partial charge < -0.3 is 9.90 Å². The summed E-state index contributed by atoms with van der Waals surface area (Å²) in [7, 11) is 0. The topological polar surface area (TPSA) is 37.3 Å². The second kappa shape index (κ2) is 4.45. The molecule has 0 spiro atoms. The third-order valence-corrected chi connectivity index (χ3v) is 1.81. The number of hydrogen-bond acceptors (Lipinski definition) is 2. The molecule has 0 rings (SSSR count). The van der Waals surface area contributed by atoms with Crippen LogP contribution in [0.25, 0.3) is 0 Å². The van der Waals surface area contributed by atoms with Gasteiger partial charge in [-0.2, -0.15) is 0 Å². The van der Waals surface area contributed by atoms with Gasteiger partial charge in [-0.25, -0.2) is 0 Å². The number of aldehydes is 1. The average Bonchev–Trinajstić information content (AvgIpc) is 1.89. The van der Waals surface area contributed by atoms with Gasteiger partial charge in [0.1, 0.15) is 6.29 Å². The normalized spacial score (nSPS) is 16.3. The smallest absolute Gasteiger partial charge is 0.120 e. The van der Waals surface area contributed by atoms with Crippen LogP contribution in [0.1, 0.15) is 33.1 Å². The van der Waals surface area contributed by atoms with Crippen molar-refractivity contribution in [3.63, 3.8) is 0 Å². The number of aliphatic hydroxyl groups is 1. The van der Waals surface area contributed by atoms with Crippen LogP contribution in [0.15, 0.2) is 0 Å². The fourth-order valence-electron chi connectivity index (χ4n) is 1.05. The van der Waals surface area contributed by atoms with Crippen molar-refractivity contribution in [1.29, 1.82) is 0 Å². The van der Waals surface area contributed by atoms with E-state index in [1.54, 1.807) is 0 Å². The van der Waals surface area contributed by atoms with Crippen LogP contribution >= 0.6 is 0 Å². The highest BCUT2D eigenvalue weighted by molar-refractivity contribution is 5.50. The quantitative estimate of drug-likeness (QED) is 0.592. The summed E-state index contributed by atoms with van der Waals surface area (Å²) in [6.45, 7) is 4.10. The Morgan fingerprint density at radius 1 is 1.60 bits per heavy atom. The van der Waals surface area contributed by atoms with E-state index in [9.17, 15) is 4.79 Å². The molecule has 0 aromatic rings. The largest absolute Gasteiger partial charge is 0.396 e. The summed E-state index contributed by atoms with van der Waals surface area (Å²) in [5, 5.41) is 8.89. The molecule has 0 aliphatic carbocycles. The van der Waals surface area contributed by atoms with Crippen molar-refractivity contribution < 1.29 is 9.90 Å². The summed E-state index contributed by atoms with van der Waals surface area (Å²) in [5.74, 6) is 0. The molecule has 0 amide bonds. The zero-order valence-electron chi connectivity index (χ0n) is 6.76. The monoisotopic (exact) mass is 144 g/mol. The maximum absolute atomic E-state index is 10.1. The molecule has 60 valence electrons. The first-order valence-corrected chi connectivity index (χ1v) is 3.73. The van der Waals surface area contributed by atoms with Gasteiger partial charge in [-0.3, -0.25) is 0 Å². The molecular weight excluding hydrogens is 128 g/mol. The summed E-state index contributed by atoms with van der Waals surface area (Å²) in [4.78, 5) is 10.1. The van der Waals surface area contributed by atoms with E-state index in [-0.39, 0.29) is 12.0 Å². The van der Waals surface area contributed by atoms with Crippen molar-refractivity contribution in [3.8, 4) is 0 Å². The second-order valence-electron chi connectivity index (χ2n) is 3.09. The third-order valence-electron chi connectivity index (χ3n) is 1.81. The van der Waals surface area contributed by atoms with Crippen LogP contribution in [0.3, 0.4) is 0 Å². The van der Waals surface area contributed by atoms with Crippen molar-refractivity contribution in [2.75, 3.05) is 6.61 Å². The summed E-state index contributed by atoms with van der Waals surface area (Å²) in [6, 6.07) is 0. The first-order valence-electron chi connectivity index (χ1n) is 3.73. The highest BCUT2D eigenvalue weighted by Crippen LogP contribution is 2.25. The van der Waals surface area contributed by atoms with Crippen molar-refractivity contribution in [1.82, 2.24) is 0 Å². The molecule has 1 N–H and O–H groups in total. The van der Waals surface area contributed by atoms with Gasteiger partial charge in [0.25, 0.3) is 0 Å². The average molecular weight is 144 g/mol. The minimum absolute atomic E-state index is 0.111. The number of rotatable bonds is 5. The van der Waals surface area contributed by atoms with Crippen LogP contribution < -0.4 is 0 Å². The van der Waals surface area contributed by atoms with E-state index in [1.807, 2.05) is 6.92 Å². The second-order valence-corrected chi connectivity index (χ2v) is 3.09. The molecule has 0 saturated carbocycles. The molecule has 0 aromatic carbocycles. The van der Waals surface area contributed by atoms with Crippen LogP contribution in [0, 0.1) is 5.41 Å². The Morgan fingerprint density at radius 2 is 2.20 bits per heavy atom. The third kappa shape index (κ3) is 2.97. The Morgan fingerprint density at radius 3 is 2.50 bits per heavy atom. The highest BCUT2D eigenvalue weighted by Gasteiger charge is 2.20. The maximum atomic E-state index is 10.1. The Labute approximate surface area is 62.2 Å². The minimum atomic E-state index is -0.170. The van der Waals surface area contributed by atoms with Gasteiger partial charge in [0.15, 0.2) is 0 Å². The summed E-state index contributed by atoms with van der Waals surface area (Å²) in [6.07, 6.45) is 3.29. The molecule has 0 aliphatic heterocycles. The van der Waals surface area contributed by atoms with E-state index in [4.69, 9.17) is 5.11 Å². The molecule has 0 aliphatic rings. The molecule has 1 atom stereocenters. The van der Waals surface area contributed by atoms with Crippen LogP contribution in [0.5, 0.6) is 0 Å². The lowest BCUT2D eigenvalue weighted by Crippen LogP contribution is -2.21. The molecule has 0 bridgehead atoms.